The Morgan fingerprint density at radius 2 is 2.33 bits per heavy atom. The van der Waals surface area contributed by atoms with Gasteiger partial charge < -0.3 is 0 Å². The number of aromatic amines is 1. The maximum absolute atomic E-state index is 11.0. The number of benzene rings is 1. The lowest BCUT2D eigenvalue weighted by Crippen LogP contribution is -2.15. The molecule has 2 aromatic rings. The number of H-pyrrole nitrogens is 1. The summed E-state index contributed by atoms with van der Waals surface area (Å²) in [5.74, 6) is 0.338. The fraction of sp³-hybridized carbons (Fsp3) is 0.0909. The van der Waals surface area contributed by atoms with E-state index < -0.39 is 5.69 Å². The van der Waals surface area contributed by atoms with E-state index in [4.69, 9.17) is 0 Å². The Morgan fingerprint density at radius 3 is 3.11 bits per heavy atom. The van der Waals surface area contributed by atoms with Crippen LogP contribution in [0.4, 0.5) is 5.82 Å². The molecule has 0 aliphatic rings. The molecule has 6 nitrogen and oxygen atoms in total. The zero-order valence-electron chi connectivity index (χ0n) is 9.51. The van der Waals surface area contributed by atoms with E-state index >= 15 is 0 Å². The summed E-state index contributed by atoms with van der Waals surface area (Å²) in [4.78, 5) is 14.7. The Labute approximate surface area is 111 Å². The van der Waals surface area contributed by atoms with Crippen LogP contribution in [-0.4, -0.2) is 21.4 Å². The summed E-state index contributed by atoms with van der Waals surface area (Å²) >= 11 is 3.37. The van der Waals surface area contributed by atoms with Gasteiger partial charge in [0.1, 0.15) is 5.69 Å². The van der Waals surface area contributed by atoms with Gasteiger partial charge in [-0.15, -0.1) is 0 Å². The number of nitrogens with zero attached hydrogens (tertiary/aromatic N) is 3. The van der Waals surface area contributed by atoms with E-state index in [2.05, 4.69) is 41.6 Å². The normalized spacial score (nSPS) is 10.8. The second-order valence-electron chi connectivity index (χ2n) is 3.50. The molecular formula is C11H10BrN5O. The van der Waals surface area contributed by atoms with Crippen molar-refractivity contribution in [1.29, 1.82) is 0 Å². The van der Waals surface area contributed by atoms with E-state index in [9.17, 15) is 4.79 Å². The molecule has 2 rings (SSSR count). The van der Waals surface area contributed by atoms with Gasteiger partial charge in [-0.05, 0) is 24.6 Å². The average molecular weight is 308 g/mol. The molecule has 1 aromatic carbocycles. The maximum Gasteiger partial charge on any atom is 0.363 e. The van der Waals surface area contributed by atoms with E-state index in [1.165, 1.54) is 0 Å². The van der Waals surface area contributed by atoms with Gasteiger partial charge in [0, 0.05) is 4.47 Å². The third-order valence-corrected chi connectivity index (χ3v) is 2.60. The molecule has 18 heavy (non-hydrogen) atoms. The zero-order chi connectivity index (χ0) is 13.0. The molecule has 1 heterocycles. The number of aryl methyl sites for hydroxylation is 1. The predicted molar refractivity (Wildman–Crippen MR) is 72.7 cm³/mol. The zero-order valence-corrected chi connectivity index (χ0v) is 11.1. The SMILES string of the molecule is Cc1n[nH]c(=O)nc1N/N=C/c1cccc(Br)c1. The summed E-state index contributed by atoms with van der Waals surface area (Å²) in [7, 11) is 0. The van der Waals surface area contributed by atoms with E-state index in [0.717, 1.165) is 10.0 Å². The second kappa shape index (κ2) is 5.54. The fourth-order valence-electron chi connectivity index (χ4n) is 1.25. The van der Waals surface area contributed by atoms with Crippen LogP contribution in [0.2, 0.25) is 0 Å². The van der Waals surface area contributed by atoms with Crippen molar-refractivity contribution in [1.82, 2.24) is 15.2 Å². The minimum Gasteiger partial charge on any atom is -0.260 e. The molecule has 0 spiro atoms. The first-order valence-electron chi connectivity index (χ1n) is 5.13. The van der Waals surface area contributed by atoms with E-state index in [-0.39, 0.29) is 0 Å². The number of anilines is 1. The number of halogens is 1. The van der Waals surface area contributed by atoms with Crippen LogP contribution < -0.4 is 11.1 Å². The van der Waals surface area contributed by atoms with Crippen molar-refractivity contribution in [2.24, 2.45) is 5.10 Å². The topological polar surface area (TPSA) is 83.0 Å². The van der Waals surface area contributed by atoms with Crippen molar-refractivity contribution < 1.29 is 0 Å². The highest BCUT2D eigenvalue weighted by atomic mass is 79.9. The third kappa shape index (κ3) is 3.24. The molecule has 1 aromatic heterocycles. The Hall–Kier alpha value is -2.02. The van der Waals surface area contributed by atoms with Crippen molar-refractivity contribution in [3.05, 3.63) is 50.5 Å². The minimum absolute atomic E-state index is 0.338. The van der Waals surface area contributed by atoms with Gasteiger partial charge in [0.05, 0.1) is 6.21 Å². The summed E-state index contributed by atoms with van der Waals surface area (Å²) in [6.45, 7) is 1.72. The molecular weight excluding hydrogens is 298 g/mol. The first-order chi connectivity index (χ1) is 8.65. The van der Waals surface area contributed by atoms with Gasteiger partial charge in [0.15, 0.2) is 5.82 Å². The van der Waals surface area contributed by atoms with Crippen molar-refractivity contribution >= 4 is 28.0 Å². The summed E-state index contributed by atoms with van der Waals surface area (Å²) in [5.41, 5.74) is 3.66. The van der Waals surface area contributed by atoms with E-state index in [0.29, 0.717) is 11.5 Å². The molecule has 0 amide bonds. The molecule has 0 aliphatic carbocycles. The molecule has 92 valence electrons. The van der Waals surface area contributed by atoms with Crippen molar-refractivity contribution in [3.63, 3.8) is 0 Å². The second-order valence-corrected chi connectivity index (χ2v) is 4.42. The Balaban J connectivity index is 2.12. The van der Waals surface area contributed by atoms with Gasteiger partial charge in [0.25, 0.3) is 0 Å². The van der Waals surface area contributed by atoms with Crippen LogP contribution in [0, 0.1) is 6.92 Å². The Morgan fingerprint density at radius 1 is 1.50 bits per heavy atom. The monoisotopic (exact) mass is 307 g/mol. The van der Waals surface area contributed by atoms with Crippen LogP contribution in [-0.2, 0) is 0 Å². The van der Waals surface area contributed by atoms with Crippen LogP contribution in [0.1, 0.15) is 11.3 Å². The average Bonchev–Trinajstić information content (AvgIpc) is 2.34. The summed E-state index contributed by atoms with van der Waals surface area (Å²) < 4.78 is 0.971. The molecule has 0 bridgehead atoms. The molecule has 2 N–H and O–H groups in total. The number of aromatic nitrogens is 3. The number of hydrogen-bond acceptors (Lipinski definition) is 5. The summed E-state index contributed by atoms with van der Waals surface area (Å²) in [5, 5.41) is 10.0. The smallest absolute Gasteiger partial charge is 0.260 e. The van der Waals surface area contributed by atoms with Crippen LogP contribution in [0.3, 0.4) is 0 Å². The molecule has 0 saturated heterocycles. The number of hydrogen-bond donors (Lipinski definition) is 2. The highest BCUT2D eigenvalue weighted by Gasteiger charge is 1.99. The lowest BCUT2D eigenvalue weighted by Gasteiger charge is -2.00. The van der Waals surface area contributed by atoms with Crippen LogP contribution >= 0.6 is 15.9 Å². The fourth-order valence-corrected chi connectivity index (χ4v) is 1.67. The number of nitrogens with one attached hydrogen (secondary N) is 2. The minimum atomic E-state index is -0.513. The van der Waals surface area contributed by atoms with Gasteiger partial charge >= 0.3 is 5.69 Å². The number of rotatable bonds is 3. The lowest BCUT2D eigenvalue weighted by atomic mass is 10.2. The lowest BCUT2D eigenvalue weighted by molar-refractivity contribution is 0.879. The van der Waals surface area contributed by atoms with E-state index in [1.807, 2.05) is 24.3 Å². The molecule has 0 radical (unpaired) electrons. The predicted octanol–water partition coefficient (Wildman–Crippen LogP) is 1.68. The highest BCUT2D eigenvalue weighted by molar-refractivity contribution is 9.10. The van der Waals surface area contributed by atoms with Crippen molar-refractivity contribution in [3.8, 4) is 0 Å². The molecule has 0 saturated carbocycles. The molecule has 0 unspecified atom stereocenters. The van der Waals surface area contributed by atoms with E-state index in [1.54, 1.807) is 13.1 Å². The highest BCUT2D eigenvalue weighted by Crippen LogP contribution is 2.10. The van der Waals surface area contributed by atoms with Gasteiger partial charge in [-0.1, -0.05) is 28.1 Å². The summed E-state index contributed by atoms with van der Waals surface area (Å²) in [6.07, 6.45) is 1.63. The molecule has 0 atom stereocenters. The van der Waals surface area contributed by atoms with Gasteiger partial charge in [-0.2, -0.15) is 15.2 Å². The van der Waals surface area contributed by atoms with Crippen LogP contribution in [0.25, 0.3) is 0 Å². The van der Waals surface area contributed by atoms with Crippen molar-refractivity contribution in [2.45, 2.75) is 6.92 Å². The quantitative estimate of drug-likeness (QED) is 0.667. The first-order valence-corrected chi connectivity index (χ1v) is 5.92. The van der Waals surface area contributed by atoms with Crippen LogP contribution in [0.15, 0.2) is 38.6 Å². The van der Waals surface area contributed by atoms with Crippen molar-refractivity contribution in [2.75, 3.05) is 5.43 Å². The number of hydrazone groups is 1. The molecule has 0 fully saturated rings. The third-order valence-electron chi connectivity index (χ3n) is 2.11. The van der Waals surface area contributed by atoms with Gasteiger partial charge in [-0.25, -0.2) is 9.89 Å². The Kier molecular flexibility index (Phi) is 3.83. The molecule has 0 aliphatic heterocycles. The Bertz CT molecular complexity index is 637. The first kappa shape index (κ1) is 12.4. The molecule has 7 heteroatoms. The summed E-state index contributed by atoms with van der Waals surface area (Å²) in [6, 6.07) is 7.66. The van der Waals surface area contributed by atoms with Gasteiger partial charge in [-0.3, -0.25) is 5.43 Å². The largest absolute Gasteiger partial charge is 0.363 e. The van der Waals surface area contributed by atoms with Crippen LogP contribution in [0.5, 0.6) is 0 Å². The van der Waals surface area contributed by atoms with Gasteiger partial charge in [0.2, 0.25) is 0 Å². The maximum atomic E-state index is 11.0. The standard InChI is InChI=1S/C11H10BrN5O/c1-7-10(14-11(18)17-15-7)16-13-6-8-3-2-4-9(12)5-8/h2-6H,1H3,(H2,14,16,17,18)/b13-6+.